The third kappa shape index (κ3) is 2.50. The number of allylic oxidation sites excluding steroid dienone is 1. The number of phenols is 1. The maximum atomic E-state index is 12.3. The van der Waals surface area contributed by atoms with Crippen molar-refractivity contribution in [2.45, 2.75) is 6.42 Å². The van der Waals surface area contributed by atoms with Gasteiger partial charge in [0.25, 0.3) is 0 Å². The van der Waals surface area contributed by atoms with Crippen molar-refractivity contribution < 1.29 is 9.90 Å². The second-order valence-electron chi connectivity index (χ2n) is 4.67. The summed E-state index contributed by atoms with van der Waals surface area (Å²) in [4.78, 5) is 12.3. The zero-order chi connectivity index (χ0) is 14.3. The number of aromatic hydroxyl groups is 1. The smallest absolute Gasteiger partial charge is 0.189 e. The van der Waals surface area contributed by atoms with Gasteiger partial charge in [-0.3, -0.25) is 4.79 Å². The van der Waals surface area contributed by atoms with E-state index in [4.69, 9.17) is 0 Å². The van der Waals surface area contributed by atoms with Crippen molar-refractivity contribution in [3.8, 4) is 5.75 Å². The molecular formula is C16H10I2O2. The fourth-order valence-electron chi connectivity index (χ4n) is 2.34. The summed E-state index contributed by atoms with van der Waals surface area (Å²) in [7, 11) is 0. The molecule has 0 spiro atoms. The molecule has 0 saturated heterocycles. The van der Waals surface area contributed by atoms with Gasteiger partial charge >= 0.3 is 0 Å². The number of carbonyl (C=O) groups excluding carboxylic acids is 1. The van der Waals surface area contributed by atoms with Crippen LogP contribution in [0.4, 0.5) is 0 Å². The Morgan fingerprint density at radius 3 is 2.40 bits per heavy atom. The van der Waals surface area contributed by atoms with Crippen molar-refractivity contribution >= 4 is 57.0 Å². The lowest BCUT2D eigenvalue weighted by Gasteiger charge is -2.03. The van der Waals surface area contributed by atoms with Crippen molar-refractivity contribution in [2.24, 2.45) is 0 Å². The normalized spacial score (nSPS) is 15.7. The largest absolute Gasteiger partial charge is 0.506 e. The lowest BCUT2D eigenvalue weighted by atomic mass is 10.1. The molecule has 0 heterocycles. The van der Waals surface area contributed by atoms with Gasteiger partial charge in [0, 0.05) is 17.6 Å². The van der Waals surface area contributed by atoms with Crippen LogP contribution in [-0.4, -0.2) is 10.9 Å². The highest BCUT2D eigenvalue weighted by atomic mass is 127. The molecule has 0 unspecified atom stereocenters. The van der Waals surface area contributed by atoms with Gasteiger partial charge in [-0.2, -0.15) is 0 Å². The summed E-state index contributed by atoms with van der Waals surface area (Å²) in [6.45, 7) is 0. The van der Waals surface area contributed by atoms with Crippen LogP contribution in [0.2, 0.25) is 0 Å². The van der Waals surface area contributed by atoms with Crippen LogP contribution < -0.4 is 0 Å². The summed E-state index contributed by atoms with van der Waals surface area (Å²) in [6, 6.07) is 11.5. The van der Waals surface area contributed by atoms with Crippen molar-refractivity contribution in [3.63, 3.8) is 0 Å². The van der Waals surface area contributed by atoms with E-state index >= 15 is 0 Å². The van der Waals surface area contributed by atoms with E-state index in [9.17, 15) is 9.90 Å². The van der Waals surface area contributed by atoms with Crippen LogP contribution in [0.15, 0.2) is 42.0 Å². The van der Waals surface area contributed by atoms with Crippen LogP contribution in [0.25, 0.3) is 6.08 Å². The Kier molecular flexibility index (Phi) is 3.85. The van der Waals surface area contributed by atoms with E-state index in [1.54, 1.807) is 0 Å². The van der Waals surface area contributed by atoms with Crippen molar-refractivity contribution in [1.82, 2.24) is 0 Å². The van der Waals surface area contributed by atoms with Gasteiger partial charge in [-0.05, 0) is 74.5 Å². The molecule has 2 nitrogen and oxygen atoms in total. The molecule has 0 aromatic heterocycles. The van der Waals surface area contributed by atoms with E-state index in [0.717, 1.165) is 29.4 Å². The first kappa shape index (κ1) is 14.1. The number of ketones is 1. The summed E-state index contributed by atoms with van der Waals surface area (Å²) < 4.78 is 1.59. The number of halogens is 2. The molecule has 0 radical (unpaired) electrons. The van der Waals surface area contributed by atoms with Gasteiger partial charge in [0.15, 0.2) is 5.78 Å². The molecule has 0 aliphatic heterocycles. The summed E-state index contributed by atoms with van der Waals surface area (Å²) in [5.74, 6) is 0.410. The molecular weight excluding hydrogens is 478 g/mol. The Labute approximate surface area is 144 Å². The number of hydrogen-bond acceptors (Lipinski definition) is 2. The highest BCUT2D eigenvalue weighted by Gasteiger charge is 2.24. The Balaban J connectivity index is 2.02. The molecule has 0 fully saturated rings. The van der Waals surface area contributed by atoms with Crippen LogP contribution >= 0.6 is 45.2 Å². The van der Waals surface area contributed by atoms with Crippen molar-refractivity contribution in [3.05, 3.63) is 65.8 Å². The van der Waals surface area contributed by atoms with Gasteiger partial charge in [-0.15, -0.1) is 0 Å². The number of rotatable bonds is 1. The quantitative estimate of drug-likeness (QED) is 0.477. The lowest BCUT2D eigenvalue weighted by molar-refractivity contribution is 0.104. The van der Waals surface area contributed by atoms with Crippen LogP contribution in [0.3, 0.4) is 0 Å². The molecule has 0 saturated carbocycles. The topological polar surface area (TPSA) is 37.3 Å². The zero-order valence-electron chi connectivity index (χ0n) is 10.4. The van der Waals surface area contributed by atoms with E-state index in [1.807, 2.05) is 42.5 Å². The van der Waals surface area contributed by atoms with E-state index in [0.29, 0.717) is 12.2 Å². The molecule has 2 aromatic carbocycles. The number of benzene rings is 2. The van der Waals surface area contributed by atoms with Gasteiger partial charge in [0.2, 0.25) is 0 Å². The van der Waals surface area contributed by atoms with Crippen LogP contribution in [0.5, 0.6) is 5.75 Å². The monoisotopic (exact) mass is 488 g/mol. The second kappa shape index (κ2) is 5.48. The third-order valence-electron chi connectivity index (χ3n) is 3.31. The predicted octanol–water partition coefficient (Wildman–Crippen LogP) is 4.42. The first-order chi connectivity index (χ1) is 9.56. The number of phenolic OH excluding ortho intramolecular Hbond substituents is 1. The molecule has 2 aromatic rings. The Morgan fingerprint density at radius 1 is 1.10 bits per heavy atom. The zero-order valence-corrected chi connectivity index (χ0v) is 14.7. The molecule has 1 aliphatic rings. The maximum Gasteiger partial charge on any atom is 0.189 e. The molecule has 20 heavy (non-hydrogen) atoms. The molecule has 0 atom stereocenters. The van der Waals surface area contributed by atoms with Crippen LogP contribution in [0, 0.1) is 7.14 Å². The predicted molar refractivity (Wildman–Crippen MR) is 96.0 cm³/mol. The van der Waals surface area contributed by atoms with E-state index < -0.39 is 0 Å². The Bertz CT molecular complexity index is 725. The molecule has 100 valence electrons. The molecule has 0 amide bonds. The number of carbonyl (C=O) groups is 1. The lowest BCUT2D eigenvalue weighted by Crippen LogP contribution is -1.95. The SMILES string of the molecule is O=C1/C(=C/c2cc(I)c(O)c(I)c2)Cc2ccccc21. The van der Waals surface area contributed by atoms with Crippen molar-refractivity contribution in [1.29, 1.82) is 0 Å². The average Bonchev–Trinajstić information content (AvgIpc) is 2.73. The maximum absolute atomic E-state index is 12.3. The highest BCUT2D eigenvalue weighted by molar-refractivity contribution is 14.1. The summed E-state index contributed by atoms with van der Waals surface area (Å²) in [5, 5.41) is 9.78. The number of Topliss-reactive ketones (excluding diaryl/α,β-unsaturated/α-hetero) is 1. The van der Waals surface area contributed by atoms with Crippen LogP contribution in [0.1, 0.15) is 21.5 Å². The average molecular weight is 488 g/mol. The second-order valence-corrected chi connectivity index (χ2v) is 6.99. The van der Waals surface area contributed by atoms with Crippen molar-refractivity contribution in [2.75, 3.05) is 0 Å². The minimum atomic E-state index is 0.110. The third-order valence-corrected chi connectivity index (χ3v) is 4.96. The summed E-state index contributed by atoms with van der Waals surface area (Å²) in [5.41, 5.74) is 3.66. The van der Waals surface area contributed by atoms with Gasteiger partial charge in [-0.25, -0.2) is 0 Å². The van der Waals surface area contributed by atoms with Gasteiger partial charge < -0.3 is 5.11 Å². The molecule has 4 heteroatoms. The minimum Gasteiger partial charge on any atom is -0.506 e. The molecule has 3 rings (SSSR count). The molecule has 1 aliphatic carbocycles. The fourth-order valence-corrected chi connectivity index (χ4v) is 4.16. The first-order valence-electron chi connectivity index (χ1n) is 6.07. The Hall–Kier alpha value is -0.890. The fraction of sp³-hybridized carbons (Fsp3) is 0.0625. The standard InChI is InChI=1S/C16H10I2O2/c17-13-6-9(7-14(18)16(13)20)5-11-8-10-3-1-2-4-12(10)15(11)19/h1-7,20H,8H2/b11-5+. The van der Waals surface area contributed by atoms with Gasteiger partial charge in [-0.1, -0.05) is 24.3 Å². The van der Waals surface area contributed by atoms with Gasteiger partial charge in [0.05, 0.1) is 7.14 Å². The summed E-state index contributed by atoms with van der Waals surface area (Å²) in [6.07, 6.45) is 2.61. The minimum absolute atomic E-state index is 0.110. The number of fused-ring (bicyclic) bond motifs is 1. The van der Waals surface area contributed by atoms with Gasteiger partial charge in [0.1, 0.15) is 5.75 Å². The first-order valence-corrected chi connectivity index (χ1v) is 8.23. The van der Waals surface area contributed by atoms with E-state index in [1.165, 1.54) is 0 Å². The summed E-state index contributed by atoms with van der Waals surface area (Å²) >= 11 is 4.20. The highest BCUT2D eigenvalue weighted by Crippen LogP contribution is 2.31. The molecule has 0 bridgehead atoms. The molecule has 1 N–H and O–H groups in total. The van der Waals surface area contributed by atoms with E-state index in [2.05, 4.69) is 45.2 Å². The Morgan fingerprint density at radius 2 is 1.75 bits per heavy atom. The van der Waals surface area contributed by atoms with Crippen LogP contribution in [-0.2, 0) is 6.42 Å². The number of hydrogen-bond donors (Lipinski definition) is 1. The van der Waals surface area contributed by atoms with E-state index in [-0.39, 0.29) is 5.78 Å².